The molecule has 0 atom stereocenters. The third kappa shape index (κ3) is 1.77. The smallest absolute Gasteiger partial charge is 0.409 e. The standard InChI is InChI=1S/C4H8BN3O/c1-5(9)8-4-6-2-3-7-4/h2-3,9H,1H3,(H2,6,7,8). The van der Waals surface area contributed by atoms with Crippen LogP contribution in [0, 0.1) is 0 Å². The third-order valence-electron chi connectivity index (χ3n) is 0.844. The molecule has 0 aliphatic heterocycles. The number of imidazole rings is 1. The van der Waals surface area contributed by atoms with Gasteiger partial charge >= 0.3 is 7.05 Å². The van der Waals surface area contributed by atoms with Gasteiger partial charge in [0.05, 0.1) is 0 Å². The fraction of sp³-hybridized carbons (Fsp3) is 0.250. The Morgan fingerprint density at radius 2 is 2.67 bits per heavy atom. The van der Waals surface area contributed by atoms with Crippen molar-refractivity contribution in [1.82, 2.24) is 9.97 Å². The lowest BCUT2D eigenvalue weighted by Crippen LogP contribution is -2.20. The molecular formula is C4H8BN3O. The summed E-state index contributed by atoms with van der Waals surface area (Å²) < 4.78 is 0. The molecule has 0 fully saturated rings. The summed E-state index contributed by atoms with van der Waals surface area (Å²) in [5.41, 5.74) is 0. The monoisotopic (exact) mass is 125 g/mol. The highest BCUT2D eigenvalue weighted by Gasteiger charge is 2.01. The van der Waals surface area contributed by atoms with Gasteiger partial charge in [-0.05, 0) is 6.82 Å². The van der Waals surface area contributed by atoms with Crippen molar-refractivity contribution < 1.29 is 5.02 Å². The summed E-state index contributed by atoms with van der Waals surface area (Å²) in [6, 6.07) is 0. The molecule has 3 N–H and O–H groups in total. The van der Waals surface area contributed by atoms with Crippen molar-refractivity contribution in [3.63, 3.8) is 0 Å². The molecule has 0 spiro atoms. The van der Waals surface area contributed by atoms with Crippen LogP contribution in [0.15, 0.2) is 12.4 Å². The average molecular weight is 125 g/mol. The van der Waals surface area contributed by atoms with Gasteiger partial charge in [-0.25, -0.2) is 4.98 Å². The quantitative estimate of drug-likeness (QED) is 0.485. The molecule has 0 bridgehead atoms. The predicted molar refractivity (Wildman–Crippen MR) is 36.0 cm³/mol. The highest BCUT2D eigenvalue weighted by atomic mass is 16.2. The van der Waals surface area contributed by atoms with Crippen molar-refractivity contribution in [3.8, 4) is 0 Å². The lowest BCUT2D eigenvalue weighted by Gasteiger charge is -1.98. The number of anilines is 1. The Hall–Kier alpha value is -0.965. The van der Waals surface area contributed by atoms with Crippen molar-refractivity contribution >= 4 is 13.0 Å². The van der Waals surface area contributed by atoms with E-state index < -0.39 is 7.05 Å². The summed E-state index contributed by atoms with van der Waals surface area (Å²) in [5, 5.41) is 11.4. The average Bonchev–Trinajstić information content (AvgIpc) is 2.15. The maximum atomic E-state index is 8.75. The van der Waals surface area contributed by atoms with E-state index in [1.54, 1.807) is 19.2 Å². The van der Waals surface area contributed by atoms with Crippen LogP contribution in [0.3, 0.4) is 0 Å². The fourth-order valence-corrected chi connectivity index (χ4v) is 0.542. The van der Waals surface area contributed by atoms with Gasteiger partial charge in [0, 0.05) is 12.4 Å². The topological polar surface area (TPSA) is 60.9 Å². The maximum absolute atomic E-state index is 8.75. The Kier molecular flexibility index (Phi) is 1.74. The van der Waals surface area contributed by atoms with Crippen LogP contribution < -0.4 is 5.23 Å². The predicted octanol–water partition coefficient (Wildman–Crippen LogP) is -0.0681. The van der Waals surface area contributed by atoms with Crippen LogP contribution in [0.5, 0.6) is 0 Å². The van der Waals surface area contributed by atoms with E-state index >= 15 is 0 Å². The van der Waals surface area contributed by atoms with Gasteiger partial charge < -0.3 is 15.2 Å². The molecule has 4 nitrogen and oxygen atoms in total. The second-order valence-corrected chi connectivity index (χ2v) is 1.76. The number of rotatable bonds is 2. The molecule has 0 aliphatic rings. The Morgan fingerprint density at radius 1 is 1.89 bits per heavy atom. The second-order valence-electron chi connectivity index (χ2n) is 1.76. The van der Waals surface area contributed by atoms with Gasteiger partial charge in [0.15, 0.2) is 5.95 Å². The minimum atomic E-state index is -0.559. The highest BCUT2D eigenvalue weighted by molar-refractivity contribution is 6.52. The largest absolute Gasteiger partial charge is 0.433 e. The molecule has 5 heteroatoms. The summed E-state index contributed by atoms with van der Waals surface area (Å²) in [7, 11) is -0.559. The molecule has 1 heterocycles. The van der Waals surface area contributed by atoms with Gasteiger partial charge in [-0.1, -0.05) is 0 Å². The Morgan fingerprint density at radius 3 is 3.11 bits per heavy atom. The van der Waals surface area contributed by atoms with Crippen LogP contribution in [0.4, 0.5) is 5.95 Å². The van der Waals surface area contributed by atoms with Gasteiger partial charge in [0.25, 0.3) is 0 Å². The van der Waals surface area contributed by atoms with Crippen LogP contribution in [0.25, 0.3) is 0 Å². The first-order valence-electron chi connectivity index (χ1n) is 2.73. The van der Waals surface area contributed by atoms with E-state index in [1.165, 1.54) is 0 Å². The van der Waals surface area contributed by atoms with E-state index in [9.17, 15) is 0 Å². The molecule has 1 rings (SSSR count). The molecule has 0 aromatic carbocycles. The number of nitrogens with zero attached hydrogens (tertiary/aromatic N) is 1. The van der Waals surface area contributed by atoms with Gasteiger partial charge in [-0.15, -0.1) is 0 Å². The van der Waals surface area contributed by atoms with Crippen LogP contribution in [-0.2, 0) is 0 Å². The van der Waals surface area contributed by atoms with Gasteiger partial charge in [0.1, 0.15) is 0 Å². The van der Waals surface area contributed by atoms with Crippen molar-refractivity contribution in [2.75, 3.05) is 5.23 Å². The van der Waals surface area contributed by atoms with E-state index in [2.05, 4.69) is 15.2 Å². The normalized spacial score (nSPS) is 9.11. The highest BCUT2D eigenvalue weighted by Crippen LogP contribution is 1.93. The van der Waals surface area contributed by atoms with Crippen LogP contribution >= 0.6 is 0 Å². The number of H-pyrrole nitrogens is 1. The maximum Gasteiger partial charge on any atom is 0.409 e. The first-order chi connectivity index (χ1) is 4.29. The lowest BCUT2D eigenvalue weighted by atomic mass is 9.89. The molecule has 1 aromatic rings. The molecular weight excluding hydrogens is 117 g/mol. The SMILES string of the molecule is CB(O)Nc1ncc[nH]1. The van der Waals surface area contributed by atoms with Crippen molar-refractivity contribution in [3.05, 3.63) is 12.4 Å². The third-order valence-corrected chi connectivity index (χ3v) is 0.844. The Bertz CT molecular complexity index is 162. The number of hydrogen-bond donors (Lipinski definition) is 3. The first kappa shape index (κ1) is 6.16. The number of hydrogen-bond acceptors (Lipinski definition) is 3. The van der Waals surface area contributed by atoms with Gasteiger partial charge in [-0.2, -0.15) is 0 Å². The molecule has 1 aromatic heterocycles. The molecule has 0 unspecified atom stereocenters. The molecule has 0 amide bonds. The van der Waals surface area contributed by atoms with E-state index in [1.807, 2.05) is 0 Å². The van der Waals surface area contributed by atoms with Crippen LogP contribution in [0.2, 0.25) is 6.82 Å². The fourth-order valence-electron chi connectivity index (χ4n) is 0.542. The molecule has 0 saturated carbocycles. The summed E-state index contributed by atoms with van der Waals surface area (Å²) in [4.78, 5) is 6.62. The summed E-state index contributed by atoms with van der Waals surface area (Å²) in [6.07, 6.45) is 3.30. The minimum absolute atomic E-state index is 0.559. The van der Waals surface area contributed by atoms with Crippen LogP contribution in [-0.4, -0.2) is 22.0 Å². The molecule has 48 valence electrons. The zero-order valence-corrected chi connectivity index (χ0v) is 5.13. The number of nitrogens with one attached hydrogen (secondary N) is 2. The molecule has 0 aliphatic carbocycles. The zero-order valence-electron chi connectivity index (χ0n) is 5.13. The molecule has 0 radical (unpaired) electrons. The van der Waals surface area contributed by atoms with Crippen molar-refractivity contribution in [2.45, 2.75) is 6.82 Å². The minimum Gasteiger partial charge on any atom is -0.433 e. The molecule has 0 saturated heterocycles. The Labute approximate surface area is 53.4 Å². The number of aromatic amines is 1. The Balaban J connectivity index is 2.48. The second kappa shape index (κ2) is 2.54. The van der Waals surface area contributed by atoms with E-state index in [0.717, 1.165) is 0 Å². The van der Waals surface area contributed by atoms with E-state index in [-0.39, 0.29) is 0 Å². The summed E-state index contributed by atoms with van der Waals surface area (Å²) in [6.45, 7) is 1.63. The first-order valence-corrected chi connectivity index (χ1v) is 2.73. The summed E-state index contributed by atoms with van der Waals surface area (Å²) >= 11 is 0. The van der Waals surface area contributed by atoms with E-state index in [0.29, 0.717) is 5.95 Å². The van der Waals surface area contributed by atoms with Crippen molar-refractivity contribution in [1.29, 1.82) is 0 Å². The van der Waals surface area contributed by atoms with Gasteiger partial charge in [-0.3, -0.25) is 0 Å². The molecule has 9 heavy (non-hydrogen) atoms. The summed E-state index contributed by atoms with van der Waals surface area (Å²) in [5.74, 6) is 0.588. The zero-order chi connectivity index (χ0) is 6.69. The van der Waals surface area contributed by atoms with E-state index in [4.69, 9.17) is 5.02 Å². The van der Waals surface area contributed by atoms with Crippen LogP contribution in [0.1, 0.15) is 0 Å². The number of aromatic nitrogens is 2. The lowest BCUT2D eigenvalue weighted by molar-refractivity contribution is 0.586. The van der Waals surface area contributed by atoms with Crippen molar-refractivity contribution in [2.24, 2.45) is 0 Å². The van der Waals surface area contributed by atoms with Gasteiger partial charge in [0.2, 0.25) is 0 Å².